The summed E-state index contributed by atoms with van der Waals surface area (Å²) in [6.07, 6.45) is 1.12. The van der Waals surface area contributed by atoms with Gasteiger partial charge in [0.05, 0.1) is 11.4 Å². The van der Waals surface area contributed by atoms with Crippen molar-refractivity contribution in [3.8, 4) is 22.9 Å². The van der Waals surface area contributed by atoms with Gasteiger partial charge in [0.1, 0.15) is 33.1 Å². The van der Waals surface area contributed by atoms with Gasteiger partial charge in [-0.05, 0) is 72.8 Å². The Bertz CT molecular complexity index is 2720. The molecule has 0 aliphatic rings. The molecule has 0 atom stereocenters. The number of para-hydroxylation sites is 1. The van der Waals surface area contributed by atoms with Crippen LogP contribution in [0.3, 0.4) is 0 Å². The maximum absolute atomic E-state index is 12.7. The maximum atomic E-state index is 12.7. The quantitative estimate of drug-likeness (QED) is 0.0519. The Balaban J connectivity index is 0.000000398. The van der Waals surface area contributed by atoms with Crippen LogP contribution >= 0.6 is 23.2 Å². The van der Waals surface area contributed by atoms with Crippen LogP contribution in [0.1, 0.15) is 12.8 Å². The number of rotatable bonds is 9. The molecule has 0 fully saturated rings. The van der Waals surface area contributed by atoms with E-state index in [-0.39, 0.29) is 99.0 Å². The predicted molar refractivity (Wildman–Crippen MR) is 205 cm³/mol. The minimum absolute atomic E-state index is 0. The zero-order chi connectivity index (χ0) is 40.0. The van der Waals surface area contributed by atoms with Gasteiger partial charge in [0.25, 0.3) is 10.1 Å². The van der Waals surface area contributed by atoms with E-state index in [9.17, 15) is 37.6 Å². The van der Waals surface area contributed by atoms with Gasteiger partial charge in [-0.15, -0.1) is 11.4 Å². The van der Waals surface area contributed by atoms with E-state index in [1.54, 1.807) is 43.3 Å². The summed E-state index contributed by atoms with van der Waals surface area (Å²) >= 11 is 11.7. The van der Waals surface area contributed by atoms with Gasteiger partial charge in [-0.3, -0.25) is 9.35 Å². The number of halogens is 2. The Hall–Kier alpha value is -5.07. The fourth-order valence-corrected chi connectivity index (χ4v) is 5.71. The minimum Gasteiger partial charge on any atom is -0.506 e. The van der Waals surface area contributed by atoms with Crippen molar-refractivity contribution in [2.24, 2.45) is 20.5 Å². The zero-order valence-corrected chi connectivity index (χ0v) is 35.5. The van der Waals surface area contributed by atoms with Crippen LogP contribution in [-0.2, 0) is 32.3 Å². The number of nitrogens with one attached hydrogen (secondary N) is 1. The van der Waals surface area contributed by atoms with Crippen molar-refractivity contribution in [2.75, 3.05) is 5.32 Å². The van der Waals surface area contributed by atoms with E-state index >= 15 is 0 Å². The fourth-order valence-electron chi connectivity index (χ4n) is 4.64. The number of azo groups is 2. The van der Waals surface area contributed by atoms with Crippen LogP contribution in [0.2, 0.25) is 10.0 Å². The fraction of sp³-hybridized carbons (Fsp3) is 0.0571. The number of phenolic OH excluding ortho intramolecular Hbond substituents is 2. The van der Waals surface area contributed by atoms with Crippen molar-refractivity contribution in [1.82, 2.24) is 19.6 Å². The number of phenols is 2. The molecule has 17 nitrogen and oxygen atoms in total. The number of benzene rings is 4. The summed E-state index contributed by atoms with van der Waals surface area (Å²) in [5.41, 5.74) is 0.926. The van der Waals surface area contributed by atoms with Gasteiger partial charge in [0.2, 0.25) is 5.91 Å². The normalized spacial score (nSPS) is 11.0. The molecule has 4 aromatic carbocycles. The van der Waals surface area contributed by atoms with Gasteiger partial charge in [0, 0.05) is 33.1 Å². The van der Waals surface area contributed by atoms with E-state index < -0.39 is 26.3 Å². The van der Waals surface area contributed by atoms with Crippen LogP contribution in [0, 0.1) is 13.8 Å². The summed E-state index contributed by atoms with van der Waals surface area (Å²) < 4.78 is 34.3. The molecule has 6 aromatic rings. The predicted octanol–water partition coefficient (Wildman–Crippen LogP) is 4.55. The second kappa shape index (κ2) is 19.9. The van der Waals surface area contributed by atoms with E-state index in [1.807, 2.05) is 18.2 Å². The summed E-state index contributed by atoms with van der Waals surface area (Å²) in [4.78, 5) is 35.7. The number of hydrogen-bond acceptors (Lipinski definition) is 13. The van der Waals surface area contributed by atoms with Crippen LogP contribution in [0.15, 0.2) is 133 Å². The molecule has 2 heterocycles. The molecule has 0 saturated carbocycles. The summed E-state index contributed by atoms with van der Waals surface area (Å²) in [7, 11) is -4.77. The number of aryl methyl sites for hydroxylation is 2. The molecule has 22 heteroatoms. The van der Waals surface area contributed by atoms with Crippen LogP contribution < -0.4 is 46.0 Å². The van der Waals surface area contributed by atoms with Crippen molar-refractivity contribution in [3.63, 3.8) is 0 Å². The first-order chi connectivity index (χ1) is 26.1. The number of aromatic nitrogens is 4. The standard InChI is InChI=1S/C19H15ClN5O6S.C16H12ClN4O2.Cr.Na/c1-3-16(26)21-12-4-6-13(7-5-12)25-19(28)17(10(2)24-25)23-22-14-8-11(20)9-15(18(14)27)32(29,30)31;1-10-15(19-18-13-9-11(17)7-8-14(13)22)16(23)21(20-10)12-5-3-2-4-6-12;;/h3-9,27H,1H2,2H3,(H,21,26)(H,29,30,31);2-9,22H,1H3;;/q2*-1;;+1/p+1. The first-order valence-electron chi connectivity index (χ1n) is 15.5. The minimum atomic E-state index is -4.77. The van der Waals surface area contributed by atoms with Gasteiger partial charge in [-0.2, -0.15) is 18.6 Å². The second-order valence-electron chi connectivity index (χ2n) is 11.2. The summed E-state index contributed by atoms with van der Waals surface area (Å²) in [6, 6.07) is 21.6. The van der Waals surface area contributed by atoms with E-state index in [0.717, 1.165) is 22.9 Å². The molecular formula is C35H28Cl2CrN9NaO8S. The van der Waals surface area contributed by atoms with E-state index in [4.69, 9.17) is 23.2 Å². The molecule has 0 aliphatic carbocycles. The van der Waals surface area contributed by atoms with Gasteiger partial charge >= 0.3 is 31.0 Å². The molecule has 0 radical (unpaired) electrons. The van der Waals surface area contributed by atoms with Crippen molar-refractivity contribution < 1.29 is 76.3 Å². The monoisotopic (exact) mass is 879 g/mol. The molecule has 0 aliphatic heterocycles. The average molecular weight is 881 g/mol. The van der Waals surface area contributed by atoms with E-state index in [1.165, 1.54) is 29.8 Å². The Morgan fingerprint density at radius 3 is 1.86 bits per heavy atom. The number of anilines is 1. The third-order valence-electron chi connectivity index (χ3n) is 7.29. The summed E-state index contributed by atoms with van der Waals surface area (Å²) in [6.45, 7) is 6.54. The Labute approximate surface area is 368 Å². The van der Waals surface area contributed by atoms with Crippen LogP contribution in [0.25, 0.3) is 11.4 Å². The Kier molecular flexibility index (Phi) is 16.1. The third kappa shape index (κ3) is 11.3. The maximum Gasteiger partial charge on any atom is 1.00 e. The molecule has 0 saturated heterocycles. The number of carbonyl (C=O) groups is 1. The average Bonchev–Trinajstić information content (AvgIpc) is 3.60. The number of aromatic hydroxyl groups is 2. The largest absolute Gasteiger partial charge is 1.00 e. The SMILES string of the molecule is C=CC(=O)Nc1ccc(-n2nc(C)[c-](N=Nc3cc(Cl)cc(S(=O)(=O)O)c3O)c2=O)cc1.Cc1nn(-c2ccccc2)c(=O)[c-]1N=Nc1cc(Cl)ccc1O.[Cr].[H+].[Na+]. The molecule has 1 amide bonds. The number of hydrogen-bond donors (Lipinski definition) is 4. The molecular weight excluding hydrogens is 852 g/mol. The molecule has 57 heavy (non-hydrogen) atoms. The van der Waals surface area contributed by atoms with Gasteiger partial charge in [0.15, 0.2) is 5.75 Å². The van der Waals surface area contributed by atoms with Gasteiger partial charge in [-0.25, -0.2) is 19.6 Å². The summed E-state index contributed by atoms with van der Waals surface area (Å²) in [5, 5.41) is 46.3. The molecule has 288 valence electrons. The first-order valence-corrected chi connectivity index (χ1v) is 17.7. The smallest absolute Gasteiger partial charge is 0.506 e. The molecule has 0 unspecified atom stereocenters. The third-order valence-corrected chi connectivity index (χ3v) is 8.61. The zero-order valence-electron chi connectivity index (χ0n) is 30.9. The van der Waals surface area contributed by atoms with E-state index in [0.29, 0.717) is 27.8 Å². The van der Waals surface area contributed by atoms with Gasteiger partial charge in [-0.1, -0.05) is 73.2 Å². The Morgan fingerprint density at radius 2 is 1.33 bits per heavy atom. The number of carbonyl (C=O) groups excluding carboxylic acids is 1. The number of amides is 1. The van der Waals surface area contributed by atoms with Crippen LogP contribution in [0.5, 0.6) is 11.5 Å². The van der Waals surface area contributed by atoms with Crippen molar-refractivity contribution >= 4 is 67.7 Å². The number of nitrogens with zero attached hydrogens (tertiary/aromatic N) is 8. The van der Waals surface area contributed by atoms with E-state index in [2.05, 4.69) is 42.6 Å². The molecule has 0 bridgehead atoms. The summed E-state index contributed by atoms with van der Waals surface area (Å²) in [5.74, 6) is -1.34. The van der Waals surface area contributed by atoms with Crippen LogP contribution in [-0.4, -0.2) is 48.7 Å². The van der Waals surface area contributed by atoms with Crippen LogP contribution in [0.4, 0.5) is 28.4 Å². The molecule has 2 aromatic heterocycles. The van der Waals surface area contributed by atoms with Gasteiger partial charge < -0.3 is 35.3 Å². The van der Waals surface area contributed by atoms with Crippen molar-refractivity contribution in [2.45, 2.75) is 18.7 Å². The van der Waals surface area contributed by atoms with Crippen molar-refractivity contribution in [1.29, 1.82) is 0 Å². The van der Waals surface area contributed by atoms with Crippen molar-refractivity contribution in [3.05, 3.63) is 140 Å². The molecule has 0 spiro atoms. The molecule has 6 rings (SSSR count). The first kappa shape index (κ1) is 46.3. The molecule has 4 N–H and O–H groups in total. The topological polar surface area (TPSA) is 243 Å². The Morgan fingerprint density at radius 1 is 0.825 bits per heavy atom. The second-order valence-corrected chi connectivity index (χ2v) is 13.4.